The maximum atomic E-state index is 12.8. The molecule has 0 aliphatic rings. The van der Waals surface area contributed by atoms with E-state index in [1.165, 1.54) is 0 Å². The summed E-state index contributed by atoms with van der Waals surface area (Å²) in [6, 6.07) is 15.1. The van der Waals surface area contributed by atoms with Gasteiger partial charge in [-0.3, -0.25) is 4.79 Å². The number of aromatic hydroxyl groups is 1. The molecule has 1 heterocycles. The number of nitrogens with one attached hydrogen (secondary N) is 1. The second kappa shape index (κ2) is 8.42. The molecule has 2 N–H and O–H groups in total. The van der Waals surface area contributed by atoms with Gasteiger partial charge in [-0.15, -0.1) is 0 Å². The summed E-state index contributed by atoms with van der Waals surface area (Å²) in [7, 11) is 0. The number of hydrogen-bond donors (Lipinski definition) is 2. The Morgan fingerprint density at radius 2 is 1.48 bits per heavy atom. The highest BCUT2D eigenvalue weighted by Gasteiger charge is 2.26. The van der Waals surface area contributed by atoms with Crippen LogP contribution in [0.4, 0.5) is 0 Å². The number of carbonyl (C=O) groups is 1. The lowest BCUT2D eigenvalue weighted by Gasteiger charge is -2.27. The second-order valence-electron chi connectivity index (χ2n) is 9.77. The fraction of sp³-hybridized carbons (Fsp3) is 0.308. The molecule has 0 saturated heterocycles. The molecule has 0 atom stereocenters. The van der Waals surface area contributed by atoms with Crippen molar-refractivity contribution in [3.63, 3.8) is 0 Å². The molecule has 162 valence electrons. The van der Waals surface area contributed by atoms with Gasteiger partial charge in [0.1, 0.15) is 5.75 Å². The fourth-order valence-corrected chi connectivity index (χ4v) is 3.49. The second-order valence-corrected chi connectivity index (χ2v) is 9.77. The average molecular weight is 418 g/mol. The monoisotopic (exact) mass is 417 g/mol. The first-order chi connectivity index (χ1) is 14.5. The average Bonchev–Trinajstić information content (AvgIpc) is 3.22. The predicted molar refractivity (Wildman–Crippen MR) is 126 cm³/mol. The van der Waals surface area contributed by atoms with Crippen LogP contribution in [0.2, 0.25) is 0 Å². The van der Waals surface area contributed by atoms with Gasteiger partial charge in [-0.2, -0.15) is 5.10 Å². The summed E-state index contributed by atoms with van der Waals surface area (Å²) in [5.74, 6) is 0.0354. The molecule has 0 aliphatic carbocycles. The minimum Gasteiger partial charge on any atom is -0.507 e. The molecule has 0 unspecified atom stereocenters. The number of aromatic nitrogens is 1. The maximum Gasteiger partial charge on any atom is 0.273 e. The number of phenols is 1. The molecule has 0 saturated carbocycles. The van der Waals surface area contributed by atoms with E-state index in [9.17, 15) is 9.90 Å². The van der Waals surface area contributed by atoms with Gasteiger partial charge in [-0.05, 0) is 52.8 Å². The zero-order chi connectivity index (χ0) is 22.8. The largest absolute Gasteiger partial charge is 0.507 e. The Balaban J connectivity index is 1.89. The van der Waals surface area contributed by atoms with Gasteiger partial charge in [0, 0.05) is 23.5 Å². The molecular formula is C26H31N3O2. The van der Waals surface area contributed by atoms with Gasteiger partial charge in [0.15, 0.2) is 0 Å². The van der Waals surface area contributed by atoms with E-state index in [4.69, 9.17) is 0 Å². The lowest BCUT2D eigenvalue weighted by molar-refractivity contribution is 0.0955. The van der Waals surface area contributed by atoms with E-state index >= 15 is 0 Å². The first-order valence-corrected chi connectivity index (χ1v) is 10.4. The summed E-state index contributed by atoms with van der Waals surface area (Å²) >= 11 is 0. The van der Waals surface area contributed by atoms with E-state index in [1.807, 2.05) is 59.4 Å². The minimum absolute atomic E-state index is 0.229. The molecular weight excluding hydrogens is 386 g/mol. The molecule has 5 nitrogen and oxygen atoms in total. The van der Waals surface area contributed by atoms with Crippen LogP contribution in [-0.2, 0) is 10.8 Å². The summed E-state index contributed by atoms with van der Waals surface area (Å²) in [5, 5.41) is 15.1. The van der Waals surface area contributed by atoms with Crippen LogP contribution in [0.5, 0.6) is 5.75 Å². The van der Waals surface area contributed by atoms with Gasteiger partial charge in [0.25, 0.3) is 5.91 Å². The number of phenolic OH excluding ortho intramolecular Hbond substituents is 1. The Hall–Kier alpha value is -3.34. The summed E-state index contributed by atoms with van der Waals surface area (Å²) in [4.78, 5) is 12.8. The summed E-state index contributed by atoms with van der Waals surface area (Å²) < 4.78 is 1.89. The van der Waals surface area contributed by atoms with E-state index in [0.29, 0.717) is 11.3 Å². The van der Waals surface area contributed by atoms with Crippen molar-refractivity contribution in [3.05, 3.63) is 83.2 Å². The molecule has 1 amide bonds. The highest BCUT2D eigenvalue weighted by Crippen LogP contribution is 2.39. The van der Waals surface area contributed by atoms with Gasteiger partial charge < -0.3 is 9.67 Å². The van der Waals surface area contributed by atoms with E-state index in [1.54, 1.807) is 12.3 Å². The van der Waals surface area contributed by atoms with E-state index in [-0.39, 0.29) is 16.7 Å². The van der Waals surface area contributed by atoms with Crippen LogP contribution in [0, 0.1) is 0 Å². The van der Waals surface area contributed by atoms with Gasteiger partial charge in [-0.1, -0.05) is 53.7 Å². The molecule has 0 aliphatic heterocycles. The Morgan fingerprint density at radius 1 is 0.935 bits per heavy atom. The van der Waals surface area contributed by atoms with Gasteiger partial charge in [0.2, 0.25) is 0 Å². The number of para-hydroxylation sites is 1. The van der Waals surface area contributed by atoms with Crippen molar-refractivity contribution >= 4 is 12.1 Å². The van der Waals surface area contributed by atoms with Crippen LogP contribution in [0.1, 0.15) is 68.6 Å². The Labute approximate surface area is 184 Å². The molecule has 1 aromatic heterocycles. The van der Waals surface area contributed by atoms with E-state index in [0.717, 1.165) is 22.4 Å². The molecule has 31 heavy (non-hydrogen) atoms. The number of hydrogen-bond acceptors (Lipinski definition) is 3. The molecule has 3 rings (SSSR count). The normalized spacial score (nSPS) is 12.3. The third-order valence-electron chi connectivity index (χ3n) is 5.16. The maximum absolute atomic E-state index is 12.8. The van der Waals surface area contributed by atoms with Crippen molar-refractivity contribution in [2.45, 2.75) is 52.4 Å². The van der Waals surface area contributed by atoms with Crippen LogP contribution in [-0.4, -0.2) is 21.8 Å². The summed E-state index contributed by atoms with van der Waals surface area (Å²) in [6.07, 6.45) is 5.42. The number of benzene rings is 2. The Morgan fingerprint density at radius 3 is 2.03 bits per heavy atom. The molecule has 3 aromatic rings. The lowest BCUT2D eigenvalue weighted by Crippen LogP contribution is -2.20. The van der Waals surface area contributed by atoms with E-state index < -0.39 is 0 Å². The molecule has 2 aromatic carbocycles. The van der Waals surface area contributed by atoms with Gasteiger partial charge >= 0.3 is 0 Å². The number of amides is 1. The molecule has 0 fully saturated rings. The predicted octanol–water partition coefficient (Wildman–Crippen LogP) is 5.54. The highest BCUT2D eigenvalue weighted by atomic mass is 16.3. The lowest BCUT2D eigenvalue weighted by atomic mass is 9.78. The van der Waals surface area contributed by atoms with Crippen molar-refractivity contribution in [2.75, 3.05) is 0 Å². The van der Waals surface area contributed by atoms with Crippen LogP contribution in [0.3, 0.4) is 0 Å². The van der Waals surface area contributed by atoms with Crippen LogP contribution < -0.4 is 5.43 Å². The number of nitrogens with zero attached hydrogens (tertiary/aromatic N) is 2. The molecule has 0 spiro atoms. The smallest absolute Gasteiger partial charge is 0.273 e. The summed E-state index contributed by atoms with van der Waals surface area (Å²) in [6.45, 7) is 12.4. The van der Waals surface area contributed by atoms with Crippen molar-refractivity contribution in [1.29, 1.82) is 0 Å². The van der Waals surface area contributed by atoms with Crippen molar-refractivity contribution in [2.24, 2.45) is 5.10 Å². The summed E-state index contributed by atoms with van der Waals surface area (Å²) in [5.41, 5.74) is 6.03. The zero-order valence-electron chi connectivity index (χ0n) is 19.1. The van der Waals surface area contributed by atoms with Gasteiger partial charge in [-0.25, -0.2) is 5.43 Å². The number of hydrazone groups is 1. The van der Waals surface area contributed by atoms with E-state index in [2.05, 4.69) is 52.1 Å². The third-order valence-corrected chi connectivity index (χ3v) is 5.16. The quantitative estimate of drug-likeness (QED) is 0.432. The zero-order valence-corrected chi connectivity index (χ0v) is 19.1. The first-order valence-electron chi connectivity index (χ1n) is 10.4. The minimum atomic E-state index is -0.286. The first kappa shape index (κ1) is 22.3. The Kier molecular flexibility index (Phi) is 6.07. The molecule has 5 heteroatoms. The highest BCUT2D eigenvalue weighted by molar-refractivity contribution is 5.98. The SMILES string of the molecule is CC(C)(C)c1cc(/C=N\NC(=O)c2ccccc2-n2cccc2)cc(C(C)(C)C)c1O. The topological polar surface area (TPSA) is 66.6 Å². The number of rotatable bonds is 4. The van der Waals surface area contributed by atoms with Crippen molar-refractivity contribution in [3.8, 4) is 11.4 Å². The van der Waals surface area contributed by atoms with Gasteiger partial charge in [0.05, 0.1) is 17.5 Å². The van der Waals surface area contributed by atoms with Crippen LogP contribution >= 0.6 is 0 Å². The van der Waals surface area contributed by atoms with Crippen molar-refractivity contribution < 1.29 is 9.90 Å². The standard InChI is InChI=1S/C26H31N3O2/c1-25(2,3)20-15-18(16-21(23(20)30)26(4,5)6)17-27-28-24(31)19-11-7-8-12-22(19)29-13-9-10-14-29/h7-17,30H,1-6H3,(H,28,31)/b27-17-. The molecule has 0 radical (unpaired) electrons. The number of carbonyl (C=O) groups excluding carboxylic acids is 1. The van der Waals surface area contributed by atoms with Crippen LogP contribution in [0.15, 0.2) is 66.0 Å². The third kappa shape index (κ3) is 5.05. The molecule has 0 bridgehead atoms. The van der Waals surface area contributed by atoms with Crippen LogP contribution in [0.25, 0.3) is 5.69 Å². The fourth-order valence-electron chi connectivity index (χ4n) is 3.49. The Bertz CT molecular complexity index is 1060. The van der Waals surface area contributed by atoms with Crippen molar-refractivity contribution in [1.82, 2.24) is 9.99 Å².